The van der Waals surface area contributed by atoms with E-state index >= 15 is 0 Å². The molecule has 0 fully saturated rings. The number of benzene rings is 6. The van der Waals surface area contributed by atoms with Crippen LogP contribution < -0.4 is 9.75 Å². The van der Waals surface area contributed by atoms with Gasteiger partial charge >= 0.3 is 0 Å². The van der Waals surface area contributed by atoms with Gasteiger partial charge in [0.15, 0.2) is 17.5 Å². The molecule has 0 aliphatic heterocycles. The highest BCUT2D eigenvalue weighted by Crippen LogP contribution is 2.51. The topological polar surface area (TPSA) is 38.7 Å². The normalized spacial score (nSPS) is 16.0. The van der Waals surface area contributed by atoms with Gasteiger partial charge in [-0.25, -0.2) is 15.0 Å². The molecule has 0 amide bonds. The van der Waals surface area contributed by atoms with E-state index < -0.39 is 0 Å². The standard InChI is InChI=1S/C55H43N3S/c1-34-31-49-45(33-44(34)40-20-12-19-39(32-40)35-15-6-4-7-16-35)51-41(22-14-26-48(51)59-49)36-27-29-38(30-28-36)53-56-52(37-17-8-5-9-18-37)57-54(58-53)43-23-13-25-47-50(43)42-21-10-11-24-46(42)55(47,2)3/h4-13,15-21,23-30,32-34H,14,22,31H2,1-3H3. The first-order valence-electron chi connectivity index (χ1n) is 20.8. The van der Waals surface area contributed by atoms with Gasteiger partial charge in [0.1, 0.15) is 0 Å². The van der Waals surface area contributed by atoms with Gasteiger partial charge < -0.3 is 0 Å². The summed E-state index contributed by atoms with van der Waals surface area (Å²) in [6, 6.07) is 54.4. The number of thiophene rings is 1. The Bertz CT molecular complexity index is 3100. The zero-order valence-electron chi connectivity index (χ0n) is 33.5. The lowest BCUT2D eigenvalue weighted by Crippen LogP contribution is -2.27. The predicted octanol–water partition coefficient (Wildman–Crippen LogP) is 12.4. The number of aromatic nitrogens is 3. The van der Waals surface area contributed by atoms with E-state index in [4.69, 9.17) is 15.0 Å². The molecule has 0 saturated carbocycles. The summed E-state index contributed by atoms with van der Waals surface area (Å²) in [5.74, 6) is 2.50. The quantitative estimate of drug-likeness (QED) is 0.169. The molecule has 1 unspecified atom stereocenters. The summed E-state index contributed by atoms with van der Waals surface area (Å²) in [4.78, 5) is 17.0. The highest BCUT2D eigenvalue weighted by Gasteiger charge is 2.37. The molecule has 1 atom stereocenters. The molecule has 3 aliphatic carbocycles. The Morgan fingerprint density at radius 2 is 1.15 bits per heavy atom. The van der Waals surface area contributed by atoms with Crippen LogP contribution in [0.15, 0.2) is 152 Å². The molecular formula is C55H43N3S. The van der Waals surface area contributed by atoms with Crippen molar-refractivity contribution in [2.24, 2.45) is 5.92 Å². The average Bonchev–Trinajstić information content (AvgIpc) is 3.77. The molecule has 0 saturated heterocycles. The Labute approximate surface area is 349 Å². The summed E-state index contributed by atoms with van der Waals surface area (Å²) in [7, 11) is 0. The number of fused-ring (bicyclic) bond motifs is 6. The van der Waals surface area contributed by atoms with Gasteiger partial charge in [-0.3, -0.25) is 0 Å². The second kappa shape index (κ2) is 14.1. The van der Waals surface area contributed by atoms with Crippen LogP contribution in [0.4, 0.5) is 0 Å². The zero-order valence-corrected chi connectivity index (χ0v) is 34.4. The van der Waals surface area contributed by atoms with E-state index in [0.717, 1.165) is 36.0 Å². The molecule has 0 radical (unpaired) electrons. The van der Waals surface area contributed by atoms with Crippen LogP contribution in [-0.4, -0.2) is 15.0 Å². The van der Waals surface area contributed by atoms with Crippen molar-refractivity contribution in [1.82, 2.24) is 15.0 Å². The lowest BCUT2D eigenvalue weighted by Gasteiger charge is -2.22. The third kappa shape index (κ3) is 6.05. The number of allylic oxidation sites excluding steroid dienone is 1. The molecule has 4 heteroatoms. The summed E-state index contributed by atoms with van der Waals surface area (Å²) in [5.41, 5.74) is 17.3. The second-order valence-electron chi connectivity index (χ2n) is 16.7. The van der Waals surface area contributed by atoms with Crippen molar-refractivity contribution in [3.8, 4) is 56.4 Å². The van der Waals surface area contributed by atoms with Crippen LogP contribution in [0.25, 0.3) is 79.7 Å². The molecule has 8 aromatic rings. The van der Waals surface area contributed by atoms with Crippen molar-refractivity contribution >= 4 is 34.6 Å². The molecule has 3 nitrogen and oxygen atoms in total. The highest BCUT2D eigenvalue weighted by molar-refractivity contribution is 7.10. The fraction of sp³-hybridized carbons (Fsp3) is 0.145. The van der Waals surface area contributed by atoms with Crippen LogP contribution in [0, 0.1) is 5.92 Å². The molecule has 2 heterocycles. The number of rotatable bonds is 6. The van der Waals surface area contributed by atoms with E-state index in [0.29, 0.717) is 23.4 Å². The van der Waals surface area contributed by atoms with Gasteiger partial charge in [-0.05, 0) is 98.5 Å². The summed E-state index contributed by atoms with van der Waals surface area (Å²) in [6.45, 7) is 7.01. The van der Waals surface area contributed by atoms with E-state index in [1.807, 2.05) is 29.5 Å². The van der Waals surface area contributed by atoms with Gasteiger partial charge in [0.05, 0.1) is 0 Å². The molecule has 284 valence electrons. The maximum Gasteiger partial charge on any atom is 0.164 e. The molecule has 0 spiro atoms. The number of hydrogen-bond donors (Lipinski definition) is 0. The van der Waals surface area contributed by atoms with Gasteiger partial charge in [0, 0.05) is 36.7 Å². The van der Waals surface area contributed by atoms with Gasteiger partial charge in [-0.1, -0.05) is 172 Å². The van der Waals surface area contributed by atoms with Gasteiger partial charge in [0.25, 0.3) is 0 Å². The Balaban J connectivity index is 1.01. The first-order chi connectivity index (χ1) is 28.9. The molecule has 6 aromatic carbocycles. The van der Waals surface area contributed by atoms with Crippen molar-refractivity contribution in [2.45, 2.75) is 45.4 Å². The SMILES string of the molecule is CC1Cc2sc3c(c2C=C1c1cccc(-c2ccccc2)c1)=C(c1ccc(-c2nc(-c4ccccc4)nc(-c4cccc5c4-c4ccccc4C5(C)C)n2)cc1)CCC=3. The summed E-state index contributed by atoms with van der Waals surface area (Å²) in [6.07, 6.45) is 8.10. The van der Waals surface area contributed by atoms with Crippen molar-refractivity contribution < 1.29 is 0 Å². The highest BCUT2D eigenvalue weighted by atomic mass is 32.1. The molecule has 11 rings (SSSR count). The largest absolute Gasteiger partial charge is 0.208 e. The lowest BCUT2D eigenvalue weighted by molar-refractivity contribution is 0.660. The summed E-state index contributed by atoms with van der Waals surface area (Å²) < 4.78 is 1.41. The minimum Gasteiger partial charge on any atom is -0.208 e. The summed E-state index contributed by atoms with van der Waals surface area (Å²) >= 11 is 1.99. The van der Waals surface area contributed by atoms with E-state index in [2.05, 4.69) is 166 Å². The van der Waals surface area contributed by atoms with Crippen molar-refractivity contribution in [1.29, 1.82) is 0 Å². The van der Waals surface area contributed by atoms with Crippen molar-refractivity contribution in [3.05, 3.63) is 194 Å². The smallest absolute Gasteiger partial charge is 0.164 e. The van der Waals surface area contributed by atoms with Crippen LogP contribution in [0.2, 0.25) is 0 Å². The van der Waals surface area contributed by atoms with Crippen LogP contribution in [0.5, 0.6) is 0 Å². The lowest BCUT2D eigenvalue weighted by atomic mass is 9.82. The molecule has 2 aromatic heterocycles. The van der Waals surface area contributed by atoms with Crippen LogP contribution in [0.1, 0.15) is 66.3 Å². The first-order valence-corrected chi connectivity index (χ1v) is 21.6. The molecule has 0 N–H and O–H groups in total. The van der Waals surface area contributed by atoms with Crippen molar-refractivity contribution in [2.75, 3.05) is 0 Å². The van der Waals surface area contributed by atoms with Gasteiger partial charge in [0.2, 0.25) is 0 Å². The Hall–Kier alpha value is -6.49. The Morgan fingerprint density at radius 3 is 1.93 bits per heavy atom. The average molecular weight is 778 g/mol. The van der Waals surface area contributed by atoms with Crippen molar-refractivity contribution in [3.63, 3.8) is 0 Å². The molecule has 3 aliphatic rings. The fourth-order valence-electron chi connectivity index (χ4n) is 9.70. The van der Waals surface area contributed by atoms with Crippen LogP contribution in [0.3, 0.4) is 0 Å². The number of nitrogens with zero attached hydrogens (tertiary/aromatic N) is 3. The predicted molar refractivity (Wildman–Crippen MR) is 246 cm³/mol. The molecular weight excluding hydrogens is 735 g/mol. The first kappa shape index (κ1) is 35.7. The van der Waals surface area contributed by atoms with E-state index in [-0.39, 0.29) is 5.41 Å². The Kier molecular flexibility index (Phi) is 8.53. The van der Waals surface area contributed by atoms with E-state index in [1.54, 1.807) is 0 Å². The third-order valence-corrected chi connectivity index (χ3v) is 13.9. The van der Waals surface area contributed by atoms with Crippen LogP contribution >= 0.6 is 11.3 Å². The maximum absolute atomic E-state index is 5.25. The fourth-order valence-corrected chi connectivity index (χ4v) is 11.1. The van der Waals surface area contributed by atoms with Gasteiger partial charge in [-0.2, -0.15) is 0 Å². The van der Waals surface area contributed by atoms with E-state index in [9.17, 15) is 0 Å². The van der Waals surface area contributed by atoms with Gasteiger partial charge in [-0.15, -0.1) is 11.3 Å². The maximum atomic E-state index is 5.25. The monoisotopic (exact) mass is 777 g/mol. The molecule has 59 heavy (non-hydrogen) atoms. The zero-order chi connectivity index (χ0) is 39.7. The molecule has 0 bridgehead atoms. The minimum atomic E-state index is -0.116. The van der Waals surface area contributed by atoms with Crippen LogP contribution in [-0.2, 0) is 11.8 Å². The Morgan fingerprint density at radius 1 is 0.559 bits per heavy atom. The second-order valence-corrected chi connectivity index (χ2v) is 17.8. The summed E-state index contributed by atoms with van der Waals surface area (Å²) in [5, 5.41) is 1.42. The minimum absolute atomic E-state index is 0.116. The third-order valence-electron chi connectivity index (χ3n) is 12.7. The van der Waals surface area contributed by atoms with E-state index in [1.165, 1.54) is 75.8 Å². The number of hydrogen-bond acceptors (Lipinski definition) is 4.